The Kier molecular flexibility index (Phi) is 10.3. The van der Waals surface area contributed by atoms with E-state index in [1.54, 1.807) is 0 Å². The molecule has 1 aliphatic carbocycles. The van der Waals surface area contributed by atoms with Crippen molar-refractivity contribution in [2.45, 2.75) is 44.0 Å². The van der Waals surface area contributed by atoms with Crippen molar-refractivity contribution in [1.82, 2.24) is 0 Å². The fourth-order valence-corrected chi connectivity index (χ4v) is 5.24. The fraction of sp³-hybridized carbons (Fsp3) is 0.345. The Morgan fingerprint density at radius 1 is 1.08 bits per heavy atom. The highest BCUT2D eigenvalue weighted by atomic mass is 32.2. The Labute approximate surface area is 228 Å². The van der Waals surface area contributed by atoms with Crippen LogP contribution in [0.1, 0.15) is 37.8 Å². The first-order valence-corrected chi connectivity index (χ1v) is 13.0. The molecule has 0 saturated heterocycles. The van der Waals surface area contributed by atoms with Crippen LogP contribution in [0.15, 0.2) is 47.4 Å². The van der Waals surface area contributed by atoms with Gasteiger partial charge in [-0.2, -0.15) is 0 Å². The van der Waals surface area contributed by atoms with Crippen molar-refractivity contribution in [2.75, 3.05) is 41.8 Å². The SMILES string of the molecule is C#CCN(c1ccc(N(CC(=O)OC)Sc2ccc(NC(C)=O)cc2)c2c1C=CCC2)C(C)CC(=O)OC. The highest BCUT2D eigenvalue weighted by Gasteiger charge is 2.26. The summed E-state index contributed by atoms with van der Waals surface area (Å²) in [6.07, 6.45) is 11.7. The van der Waals surface area contributed by atoms with Crippen molar-refractivity contribution in [2.24, 2.45) is 0 Å². The summed E-state index contributed by atoms with van der Waals surface area (Å²) in [5, 5.41) is 2.76. The van der Waals surface area contributed by atoms with Crippen molar-refractivity contribution in [1.29, 1.82) is 0 Å². The van der Waals surface area contributed by atoms with E-state index in [1.165, 1.54) is 33.1 Å². The lowest BCUT2D eigenvalue weighted by Gasteiger charge is -2.34. The number of nitrogens with zero attached hydrogens (tertiary/aromatic N) is 2. The number of carbonyl (C=O) groups excluding carboxylic acids is 3. The molecule has 2 aromatic rings. The summed E-state index contributed by atoms with van der Waals surface area (Å²) < 4.78 is 11.8. The molecule has 0 fully saturated rings. The number of nitrogens with one attached hydrogen (secondary N) is 1. The number of ether oxygens (including phenoxy) is 2. The van der Waals surface area contributed by atoms with Crippen molar-refractivity contribution in [3.8, 4) is 12.3 Å². The molecule has 1 aliphatic rings. The Morgan fingerprint density at radius 2 is 1.76 bits per heavy atom. The number of hydrogen-bond acceptors (Lipinski definition) is 8. The van der Waals surface area contributed by atoms with Gasteiger partial charge in [-0.3, -0.25) is 14.4 Å². The van der Waals surface area contributed by atoms with Gasteiger partial charge in [0, 0.05) is 34.8 Å². The maximum Gasteiger partial charge on any atom is 0.326 e. The number of rotatable bonds is 11. The van der Waals surface area contributed by atoms with Crippen LogP contribution in [-0.2, 0) is 30.3 Å². The van der Waals surface area contributed by atoms with E-state index in [9.17, 15) is 14.4 Å². The minimum Gasteiger partial charge on any atom is -0.469 e. The van der Waals surface area contributed by atoms with E-state index in [2.05, 4.69) is 23.4 Å². The van der Waals surface area contributed by atoms with Crippen LogP contribution in [0.2, 0.25) is 0 Å². The van der Waals surface area contributed by atoms with Crippen LogP contribution in [0.5, 0.6) is 0 Å². The quantitative estimate of drug-likeness (QED) is 0.252. The van der Waals surface area contributed by atoms with Gasteiger partial charge in [-0.05, 0) is 73.7 Å². The van der Waals surface area contributed by atoms with Crippen molar-refractivity contribution >= 4 is 52.9 Å². The molecule has 8 nitrogen and oxygen atoms in total. The standard InChI is InChI=1S/C29H33N3O5S/c1-6-17-31(20(2)18-28(34)36-4)26-15-16-27(25-10-8-7-9-24(25)26)32(19-29(35)37-5)38-23-13-11-22(12-14-23)30-21(3)33/h1,7,9,11-16,20H,8,10,17-19H2,2-5H3,(H,30,33). The lowest BCUT2D eigenvalue weighted by Crippen LogP contribution is -2.36. The zero-order valence-corrected chi connectivity index (χ0v) is 23.0. The first-order chi connectivity index (χ1) is 18.3. The lowest BCUT2D eigenvalue weighted by molar-refractivity contribution is -0.141. The summed E-state index contributed by atoms with van der Waals surface area (Å²) in [6.45, 7) is 3.78. The van der Waals surface area contributed by atoms with Gasteiger partial charge in [-0.15, -0.1) is 6.42 Å². The molecular formula is C29H33N3O5S. The molecule has 2 aromatic carbocycles. The Balaban J connectivity index is 2.01. The summed E-state index contributed by atoms with van der Waals surface area (Å²) in [7, 11) is 2.75. The molecule has 0 aromatic heterocycles. The first kappa shape index (κ1) is 28.7. The molecule has 0 spiro atoms. The number of terminal acetylenes is 1. The highest BCUT2D eigenvalue weighted by molar-refractivity contribution is 8.00. The third kappa shape index (κ3) is 7.33. The summed E-state index contributed by atoms with van der Waals surface area (Å²) in [5.41, 5.74) is 4.62. The molecule has 0 radical (unpaired) electrons. The van der Waals surface area contributed by atoms with E-state index in [4.69, 9.17) is 15.9 Å². The molecule has 1 N–H and O–H groups in total. The normalized spacial score (nSPS) is 12.5. The largest absolute Gasteiger partial charge is 0.469 e. The van der Waals surface area contributed by atoms with Gasteiger partial charge in [0.2, 0.25) is 5.91 Å². The van der Waals surface area contributed by atoms with Gasteiger partial charge in [0.15, 0.2) is 0 Å². The van der Waals surface area contributed by atoms with E-state index in [1.807, 2.05) is 52.5 Å². The van der Waals surface area contributed by atoms with Gasteiger partial charge in [0.1, 0.15) is 6.54 Å². The van der Waals surface area contributed by atoms with Gasteiger partial charge in [0.25, 0.3) is 0 Å². The van der Waals surface area contributed by atoms with Crippen LogP contribution in [0.3, 0.4) is 0 Å². The monoisotopic (exact) mass is 535 g/mol. The van der Waals surface area contributed by atoms with Gasteiger partial charge < -0.3 is 24.0 Å². The second-order valence-corrected chi connectivity index (χ2v) is 9.90. The molecule has 38 heavy (non-hydrogen) atoms. The summed E-state index contributed by atoms with van der Waals surface area (Å²) in [5.74, 6) is 1.91. The topological polar surface area (TPSA) is 88.2 Å². The number of hydrogen-bond donors (Lipinski definition) is 1. The summed E-state index contributed by atoms with van der Waals surface area (Å²) >= 11 is 1.42. The van der Waals surface area contributed by atoms with Crippen LogP contribution in [0.4, 0.5) is 17.1 Å². The zero-order valence-electron chi connectivity index (χ0n) is 22.2. The second kappa shape index (κ2) is 13.6. The highest BCUT2D eigenvalue weighted by Crippen LogP contribution is 2.40. The maximum absolute atomic E-state index is 12.4. The third-order valence-corrected chi connectivity index (χ3v) is 7.14. The molecule has 1 atom stereocenters. The predicted octanol–water partition coefficient (Wildman–Crippen LogP) is 4.68. The van der Waals surface area contributed by atoms with Crippen molar-refractivity contribution < 1.29 is 23.9 Å². The average molecular weight is 536 g/mol. The molecule has 3 rings (SSSR count). The number of amides is 1. The van der Waals surface area contributed by atoms with Crippen molar-refractivity contribution in [3.63, 3.8) is 0 Å². The molecular weight excluding hydrogens is 502 g/mol. The van der Waals surface area contributed by atoms with Crippen LogP contribution >= 0.6 is 11.9 Å². The second-order valence-electron chi connectivity index (χ2n) is 8.81. The molecule has 1 unspecified atom stereocenters. The van der Waals surface area contributed by atoms with Crippen LogP contribution < -0.4 is 14.5 Å². The number of esters is 2. The minimum atomic E-state index is -0.364. The third-order valence-electron chi connectivity index (χ3n) is 6.11. The Morgan fingerprint density at radius 3 is 2.39 bits per heavy atom. The number of carbonyl (C=O) groups is 3. The number of methoxy groups -OCH3 is 2. The summed E-state index contributed by atoms with van der Waals surface area (Å²) in [6, 6.07) is 11.2. The average Bonchev–Trinajstić information content (AvgIpc) is 2.91. The van der Waals surface area contributed by atoms with Crippen LogP contribution in [0, 0.1) is 12.3 Å². The van der Waals surface area contributed by atoms with Crippen LogP contribution in [-0.4, -0.2) is 51.2 Å². The predicted molar refractivity (Wildman–Crippen MR) is 152 cm³/mol. The molecule has 0 bridgehead atoms. The van der Waals surface area contributed by atoms with E-state index in [0.717, 1.165) is 40.2 Å². The molecule has 1 amide bonds. The summed E-state index contributed by atoms with van der Waals surface area (Å²) in [4.78, 5) is 38.7. The van der Waals surface area contributed by atoms with E-state index in [-0.39, 0.29) is 36.9 Å². The van der Waals surface area contributed by atoms with Gasteiger partial charge in [-0.1, -0.05) is 18.1 Å². The smallest absolute Gasteiger partial charge is 0.326 e. The van der Waals surface area contributed by atoms with E-state index >= 15 is 0 Å². The van der Waals surface area contributed by atoms with E-state index in [0.29, 0.717) is 12.2 Å². The van der Waals surface area contributed by atoms with Gasteiger partial charge in [0.05, 0.1) is 32.9 Å². The number of anilines is 3. The lowest BCUT2D eigenvalue weighted by atomic mass is 9.93. The molecule has 0 saturated carbocycles. The fourth-order valence-electron chi connectivity index (χ4n) is 4.29. The zero-order chi connectivity index (χ0) is 27.7. The minimum absolute atomic E-state index is 0.0386. The van der Waals surface area contributed by atoms with Crippen molar-refractivity contribution in [3.05, 3.63) is 53.6 Å². The van der Waals surface area contributed by atoms with E-state index < -0.39 is 0 Å². The Hall–Kier alpha value is -3.90. The van der Waals surface area contributed by atoms with Crippen LogP contribution in [0.25, 0.3) is 6.08 Å². The molecule has 9 heteroatoms. The number of allylic oxidation sites excluding steroid dienone is 1. The first-order valence-electron chi connectivity index (χ1n) is 12.3. The molecule has 0 aliphatic heterocycles. The number of benzene rings is 2. The van der Waals surface area contributed by atoms with Gasteiger partial charge >= 0.3 is 11.9 Å². The maximum atomic E-state index is 12.4. The Bertz CT molecular complexity index is 1240. The molecule has 0 heterocycles. The molecule has 200 valence electrons. The van der Waals surface area contributed by atoms with Gasteiger partial charge in [-0.25, -0.2) is 0 Å². The number of fused-ring (bicyclic) bond motifs is 1.